The average Bonchev–Trinajstić information content (AvgIpc) is 2.62. The molecule has 2 aliphatic heterocycles. The molecule has 7 heteroatoms. The Bertz CT molecular complexity index is 634. The van der Waals surface area contributed by atoms with Crippen molar-refractivity contribution < 1.29 is 24.2 Å². The van der Waals surface area contributed by atoms with Gasteiger partial charge in [-0.3, -0.25) is 0 Å². The third-order valence-electron chi connectivity index (χ3n) is 4.82. The lowest BCUT2D eigenvalue weighted by atomic mass is 9.91. The van der Waals surface area contributed by atoms with Crippen LogP contribution in [-0.4, -0.2) is 71.9 Å². The molecule has 0 atom stereocenters. The number of benzene rings is 1. The van der Waals surface area contributed by atoms with Crippen LogP contribution in [0.2, 0.25) is 0 Å². The van der Waals surface area contributed by atoms with Gasteiger partial charge in [0.05, 0.1) is 13.2 Å². The Labute approximate surface area is 147 Å². The standard InChI is InChI=1S/C18H24N2O5/c1-14-3-2-4-15(13-14)25-18(16(21)22)5-7-19(8-6-18)17(23)20-9-11-24-12-10-20/h2-4,13H,5-12H2,1H3,(H,21,22). The van der Waals surface area contributed by atoms with Gasteiger partial charge in [-0.1, -0.05) is 12.1 Å². The maximum Gasteiger partial charge on any atom is 0.348 e. The minimum absolute atomic E-state index is 0.0437. The van der Waals surface area contributed by atoms with Gasteiger partial charge in [-0.2, -0.15) is 0 Å². The van der Waals surface area contributed by atoms with Gasteiger partial charge in [-0.15, -0.1) is 0 Å². The highest BCUT2D eigenvalue weighted by Gasteiger charge is 2.45. The highest BCUT2D eigenvalue weighted by molar-refractivity contribution is 5.79. The topological polar surface area (TPSA) is 79.3 Å². The van der Waals surface area contributed by atoms with Gasteiger partial charge in [0.25, 0.3) is 0 Å². The number of carboxylic acids is 1. The zero-order chi connectivity index (χ0) is 17.9. The molecule has 136 valence electrons. The Kier molecular flexibility index (Phi) is 5.13. The van der Waals surface area contributed by atoms with Crippen LogP contribution in [0.15, 0.2) is 24.3 Å². The number of morpholine rings is 1. The van der Waals surface area contributed by atoms with Gasteiger partial charge in [-0.25, -0.2) is 9.59 Å². The second-order valence-corrected chi connectivity index (χ2v) is 6.59. The van der Waals surface area contributed by atoms with E-state index in [-0.39, 0.29) is 18.9 Å². The number of hydrogen-bond donors (Lipinski definition) is 1. The highest BCUT2D eigenvalue weighted by Crippen LogP contribution is 2.30. The van der Waals surface area contributed by atoms with E-state index in [0.29, 0.717) is 45.1 Å². The predicted octanol–water partition coefficient (Wildman–Crippen LogP) is 1.75. The number of likely N-dealkylation sites (tertiary alicyclic amines) is 1. The van der Waals surface area contributed by atoms with Crippen LogP contribution in [0.3, 0.4) is 0 Å². The fraction of sp³-hybridized carbons (Fsp3) is 0.556. The van der Waals surface area contributed by atoms with Gasteiger partial charge in [-0.05, 0) is 24.6 Å². The van der Waals surface area contributed by atoms with E-state index in [2.05, 4.69) is 0 Å². The molecule has 1 aromatic carbocycles. The first kappa shape index (κ1) is 17.5. The number of urea groups is 1. The normalized spacial score (nSPS) is 20.2. The number of carbonyl (C=O) groups is 2. The molecule has 0 spiro atoms. The van der Waals surface area contributed by atoms with Crippen LogP contribution in [0.1, 0.15) is 18.4 Å². The molecular weight excluding hydrogens is 324 g/mol. The Morgan fingerprint density at radius 2 is 1.76 bits per heavy atom. The van der Waals surface area contributed by atoms with Crippen LogP contribution in [-0.2, 0) is 9.53 Å². The largest absolute Gasteiger partial charge is 0.478 e. The molecule has 0 aliphatic carbocycles. The molecule has 0 unspecified atom stereocenters. The minimum atomic E-state index is -1.28. The Balaban J connectivity index is 1.66. The summed E-state index contributed by atoms with van der Waals surface area (Å²) >= 11 is 0. The van der Waals surface area contributed by atoms with E-state index in [4.69, 9.17) is 9.47 Å². The second kappa shape index (κ2) is 7.31. The van der Waals surface area contributed by atoms with Crippen molar-refractivity contribution in [2.24, 2.45) is 0 Å². The molecule has 25 heavy (non-hydrogen) atoms. The van der Waals surface area contributed by atoms with Crippen molar-refractivity contribution in [2.75, 3.05) is 39.4 Å². The predicted molar refractivity (Wildman–Crippen MR) is 90.8 cm³/mol. The van der Waals surface area contributed by atoms with Crippen LogP contribution in [0, 0.1) is 6.92 Å². The van der Waals surface area contributed by atoms with Crippen molar-refractivity contribution in [3.05, 3.63) is 29.8 Å². The fourth-order valence-corrected chi connectivity index (χ4v) is 3.28. The molecule has 0 radical (unpaired) electrons. The number of aliphatic carboxylic acids is 1. The van der Waals surface area contributed by atoms with Crippen molar-refractivity contribution >= 4 is 12.0 Å². The maximum absolute atomic E-state index is 12.5. The summed E-state index contributed by atoms with van der Waals surface area (Å²) in [6, 6.07) is 7.33. The van der Waals surface area contributed by atoms with E-state index in [1.165, 1.54) is 0 Å². The van der Waals surface area contributed by atoms with E-state index >= 15 is 0 Å². The lowest BCUT2D eigenvalue weighted by Gasteiger charge is -2.41. The Morgan fingerprint density at radius 3 is 2.36 bits per heavy atom. The smallest absolute Gasteiger partial charge is 0.348 e. The van der Waals surface area contributed by atoms with Gasteiger partial charge in [0.1, 0.15) is 5.75 Å². The third-order valence-corrected chi connectivity index (χ3v) is 4.82. The van der Waals surface area contributed by atoms with Crippen molar-refractivity contribution in [2.45, 2.75) is 25.4 Å². The number of ether oxygens (including phenoxy) is 2. The van der Waals surface area contributed by atoms with Crippen LogP contribution in [0.4, 0.5) is 4.79 Å². The number of hydrogen-bond acceptors (Lipinski definition) is 4. The zero-order valence-electron chi connectivity index (χ0n) is 14.4. The molecule has 1 N–H and O–H groups in total. The summed E-state index contributed by atoms with van der Waals surface area (Å²) in [6.07, 6.45) is 0.540. The van der Waals surface area contributed by atoms with E-state index < -0.39 is 11.6 Å². The minimum Gasteiger partial charge on any atom is -0.478 e. The van der Waals surface area contributed by atoms with Crippen molar-refractivity contribution in [3.63, 3.8) is 0 Å². The van der Waals surface area contributed by atoms with E-state index in [1.807, 2.05) is 25.1 Å². The van der Waals surface area contributed by atoms with Crippen LogP contribution in [0.5, 0.6) is 5.75 Å². The summed E-state index contributed by atoms with van der Waals surface area (Å²) in [5.74, 6) is -0.428. The summed E-state index contributed by atoms with van der Waals surface area (Å²) < 4.78 is 11.2. The molecule has 2 aliphatic rings. The summed E-state index contributed by atoms with van der Waals surface area (Å²) in [5.41, 5.74) is -0.270. The number of carbonyl (C=O) groups excluding carboxylic acids is 1. The molecule has 1 aromatic rings. The molecule has 3 rings (SSSR count). The number of piperidine rings is 1. The summed E-state index contributed by atoms with van der Waals surface area (Å²) in [6.45, 7) is 4.94. The fourth-order valence-electron chi connectivity index (χ4n) is 3.28. The maximum atomic E-state index is 12.5. The lowest BCUT2D eigenvalue weighted by molar-refractivity contribution is -0.159. The van der Waals surface area contributed by atoms with Crippen LogP contribution < -0.4 is 4.74 Å². The Hall–Kier alpha value is -2.28. The quantitative estimate of drug-likeness (QED) is 0.900. The van der Waals surface area contributed by atoms with Crippen molar-refractivity contribution in [1.82, 2.24) is 9.80 Å². The summed E-state index contributed by atoms with van der Waals surface area (Å²) in [7, 11) is 0. The number of amides is 2. The molecule has 2 amide bonds. The molecule has 2 heterocycles. The first-order valence-electron chi connectivity index (χ1n) is 8.61. The molecule has 2 saturated heterocycles. The SMILES string of the molecule is Cc1cccc(OC2(C(=O)O)CCN(C(=O)N3CCOCC3)CC2)c1. The first-order chi connectivity index (χ1) is 12.0. The van der Waals surface area contributed by atoms with Crippen LogP contribution >= 0.6 is 0 Å². The number of carboxylic acid groups (broad SMARTS) is 1. The second-order valence-electron chi connectivity index (χ2n) is 6.59. The zero-order valence-corrected chi connectivity index (χ0v) is 14.4. The van der Waals surface area contributed by atoms with E-state index in [9.17, 15) is 14.7 Å². The van der Waals surface area contributed by atoms with Gasteiger partial charge in [0.2, 0.25) is 5.60 Å². The van der Waals surface area contributed by atoms with Gasteiger partial charge >= 0.3 is 12.0 Å². The number of rotatable bonds is 3. The van der Waals surface area contributed by atoms with Crippen molar-refractivity contribution in [1.29, 1.82) is 0 Å². The molecular formula is C18H24N2O5. The van der Waals surface area contributed by atoms with Gasteiger partial charge < -0.3 is 24.4 Å². The van der Waals surface area contributed by atoms with Crippen LogP contribution in [0.25, 0.3) is 0 Å². The molecule has 7 nitrogen and oxygen atoms in total. The van der Waals surface area contributed by atoms with Gasteiger partial charge in [0.15, 0.2) is 0 Å². The number of aryl methyl sites for hydroxylation is 1. The molecule has 0 bridgehead atoms. The monoisotopic (exact) mass is 348 g/mol. The molecule has 0 aromatic heterocycles. The molecule has 0 saturated carbocycles. The molecule has 2 fully saturated rings. The highest BCUT2D eigenvalue weighted by atomic mass is 16.5. The van der Waals surface area contributed by atoms with Crippen molar-refractivity contribution in [3.8, 4) is 5.75 Å². The number of nitrogens with zero attached hydrogens (tertiary/aromatic N) is 2. The third kappa shape index (κ3) is 3.87. The van der Waals surface area contributed by atoms with E-state index in [1.54, 1.807) is 15.9 Å². The lowest BCUT2D eigenvalue weighted by Crippen LogP contribution is -2.57. The average molecular weight is 348 g/mol. The first-order valence-corrected chi connectivity index (χ1v) is 8.61. The summed E-state index contributed by atoms with van der Waals surface area (Å²) in [5, 5.41) is 9.74. The Morgan fingerprint density at radius 1 is 1.12 bits per heavy atom. The summed E-state index contributed by atoms with van der Waals surface area (Å²) in [4.78, 5) is 27.9. The van der Waals surface area contributed by atoms with E-state index in [0.717, 1.165) is 5.56 Å². The van der Waals surface area contributed by atoms with Gasteiger partial charge in [0, 0.05) is 39.0 Å².